The van der Waals surface area contributed by atoms with Crippen molar-refractivity contribution >= 4 is 59.3 Å². The molecular weight excluding hydrogens is 975 g/mol. The van der Waals surface area contributed by atoms with E-state index in [1.54, 1.807) is 0 Å². The van der Waals surface area contributed by atoms with Gasteiger partial charge in [-0.15, -0.1) is 0 Å². The number of unbranched alkanes of at least 4 members (excludes halogenated alkanes) is 17. The summed E-state index contributed by atoms with van der Waals surface area (Å²) in [6, 6.07) is -7.99. The summed E-state index contributed by atoms with van der Waals surface area (Å²) in [5, 5.41) is 36.0. The fourth-order valence-corrected chi connectivity index (χ4v) is 8.77. The lowest BCUT2D eigenvalue weighted by molar-refractivity contribution is -0.142. The highest BCUT2D eigenvalue weighted by Gasteiger charge is 2.33. The molecule has 7 amide bonds. The Morgan fingerprint density at radius 1 is 0.500 bits per heavy atom. The molecule has 0 bridgehead atoms. The van der Waals surface area contributed by atoms with Gasteiger partial charge in [0.1, 0.15) is 36.3 Å². The van der Waals surface area contributed by atoms with Crippen LogP contribution < -0.4 is 60.1 Å². The minimum atomic E-state index is -1.63. The Hall–Kier alpha value is -4.29. The van der Waals surface area contributed by atoms with Gasteiger partial charge in [0.2, 0.25) is 35.4 Å². The number of nitrogens with one attached hydrogen (secondary N) is 7. The van der Waals surface area contributed by atoms with Crippen molar-refractivity contribution in [2.24, 2.45) is 22.9 Å². The van der Waals surface area contributed by atoms with Gasteiger partial charge in [-0.2, -0.15) is 11.8 Å². The highest BCUT2D eigenvalue weighted by molar-refractivity contribution is 7.99. The van der Waals surface area contributed by atoms with Gasteiger partial charge in [-0.1, -0.05) is 90.4 Å². The summed E-state index contributed by atoms with van der Waals surface area (Å²) in [5.41, 5.74) is 22.7. The van der Waals surface area contributed by atoms with Gasteiger partial charge >= 0.3 is 12.1 Å². The zero-order chi connectivity index (χ0) is 56.1. The molecule has 0 radical (unpaired) electrons. The van der Waals surface area contributed by atoms with E-state index in [4.69, 9.17) is 29.1 Å². The molecule has 0 fully saturated rings. The second-order valence-electron chi connectivity index (χ2n) is 18.9. The molecule has 6 atom stereocenters. The molecule has 0 rings (SSSR count). The van der Waals surface area contributed by atoms with Crippen LogP contribution in [0.2, 0.25) is 1.41 Å². The number of hydrogen-bond acceptors (Lipinski definition) is 15. The minimum Gasteiger partial charge on any atom is -0.480 e. The molecule has 0 spiro atoms. The molecule has 0 aliphatic rings. The number of amides is 7. The highest BCUT2D eigenvalue weighted by atomic mass is 32.2. The maximum Gasteiger partial charge on any atom is 0.407 e. The molecule has 0 saturated heterocycles. The van der Waals surface area contributed by atoms with Crippen molar-refractivity contribution in [2.75, 3.05) is 57.4 Å². The molecule has 0 aliphatic heterocycles. The van der Waals surface area contributed by atoms with Crippen molar-refractivity contribution in [1.82, 2.24) is 37.2 Å². The van der Waals surface area contributed by atoms with Crippen LogP contribution in [0.25, 0.3) is 0 Å². The molecule has 22 nitrogen and oxygen atoms in total. The van der Waals surface area contributed by atoms with Crippen LogP contribution in [0.4, 0.5) is 4.79 Å². The first kappa shape index (κ1) is 67.7. The van der Waals surface area contributed by atoms with Gasteiger partial charge in [0.05, 0.1) is 13.2 Å². The molecule has 23 heteroatoms. The fourth-order valence-electron chi connectivity index (χ4n) is 7.91. The molecule has 0 aromatic heterocycles. The zero-order valence-electron chi connectivity index (χ0n) is 45.9. The number of hydrogen-bond donors (Lipinski definition) is 13. The van der Waals surface area contributed by atoms with E-state index in [0.29, 0.717) is 82.1 Å². The van der Waals surface area contributed by atoms with E-state index in [0.717, 1.165) is 37.9 Å². The summed E-state index contributed by atoms with van der Waals surface area (Å²) in [6.45, 7) is 4.09. The number of carboxylic acids is 1. The van der Waals surface area contributed by atoms with E-state index >= 15 is 0 Å². The third kappa shape index (κ3) is 36.6. The number of carbonyl (C=O) groups is 8. The number of carbonyl (C=O) groups excluding carboxylic acids is 7. The largest absolute Gasteiger partial charge is 0.480 e. The van der Waals surface area contributed by atoms with E-state index in [1.807, 2.05) is 0 Å². The van der Waals surface area contributed by atoms with Gasteiger partial charge in [0.15, 0.2) is 1.41 Å². The number of aliphatic carboxylic acids is 1. The first-order chi connectivity index (χ1) is 36.1. The van der Waals surface area contributed by atoms with Gasteiger partial charge in [-0.3, -0.25) is 28.8 Å². The van der Waals surface area contributed by atoms with Crippen LogP contribution in [-0.2, 0) is 38.3 Å². The summed E-state index contributed by atoms with van der Waals surface area (Å²) in [6.07, 6.45) is 20.5. The molecule has 17 N–H and O–H groups in total. The van der Waals surface area contributed by atoms with Gasteiger partial charge in [-0.05, 0) is 110 Å². The van der Waals surface area contributed by atoms with E-state index in [1.165, 1.54) is 70.6 Å². The molecule has 74 heavy (non-hydrogen) atoms. The number of thioether (sulfide) groups is 1. The fraction of sp³-hybridized carbons (Fsp3) is 0.843. The van der Waals surface area contributed by atoms with Crippen molar-refractivity contribution < 1.29 is 54.7 Å². The van der Waals surface area contributed by atoms with Crippen LogP contribution in [-0.4, -0.2) is 151 Å². The maximum atomic E-state index is 14.0. The van der Waals surface area contributed by atoms with Crippen molar-refractivity contribution in [3.63, 3.8) is 0 Å². The first-order valence-corrected chi connectivity index (χ1v) is 28.7. The molecule has 0 aromatic rings. The smallest absolute Gasteiger partial charge is 0.407 e. The summed E-state index contributed by atoms with van der Waals surface area (Å²) < 4.78 is 13.6. The maximum absolute atomic E-state index is 14.0. The lowest BCUT2D eigenvalue weighted by atomic mass is 10.0. The number of aliphatic hydroxyl groups is 1. The van der Waals surface area contributed by atoms with Crippen LogP contribution >= 0.6 is 11.8 Å². The van der Waals surface area contributed by atoms with Gasteiger partial charge in [0, 0.05) is 25.0 Å². The zero-order valence-corrected chi connectivity index (χ0v) is 45.8. The number of rotatable bonds is 49. The predicted octanol–water partition coefficient (Wildman–Crippen LogP) is 2.45. The third-order valence-electron chi connectivity index (χ3n) is 12.3. The Balaban J connectivity index is 5.57. The predicted molar refractivity (Wildman–Crippen MR) is 291 cm³/mol. The van der Waals surface area contributed by atoms with Crippen molar-refractivity contribution in [3.05, 3.63) is 0 Å². The first-order valence-electron chi connectivity index (χ1n) is 28.0. The topological polar surface area (TPSA) is 375 Å². The van der Waals surface area contributed by atoms with E-state index in [-0.39, 0.29) is 51.1 Å². The summed E-state index contributed by atoms with van der Waals surface area (Å²) >= 11 is 1.16. The van der Waals surface area contributed by atoms with Crippen LogP contribution in [0.15, 0.2) is 0 Å². The van der Waals surface area contributed by atoms with E-state index in [9.17, 15) is 48.6 Å². The Bertz CT molecular complexity index is 1590. The summed E-state index contributed by atoms with van der Waals surface area (Å²) in [5.74, 6) is -5.98. The Morgan fingerprint density at radius 2 is 0.851 bits per heavy atom. The second-order valence-corrected chi connectivity index (χ2v) is 20.0. The van der Waals surface area contributed by atoms with Crippen LogP contribution in [0, 0.1) is 0 Å². The summed E-state index contributed by atoms with van der Waals surface area (Å²) in [7, 11) is 0. The van der Waals surface area contributed by atoms with Gasteiger partial charge in [-0.25, -0.2) is 9.59 Å². The molecule has 0 heterocycles. The van der Waals surface area contributed by atoms with Crippen molar-refractivity contribution in [3.8, 4) is 0 Å². The van der Waals surface area contributed by atoms with Crippen molar-refractivity contribution in [2.45, 2.75) is 217 Å². The molecule has 0 aliphatic carbocycles. The third-order valence-corrected chi connectivity index (χ3v) is 13.3. The Morgan fingerprint density at radius 3 is 1.23 bits per heavy atom. The van der Waals surface area contributed by atoms with Gasteiger partial charge in [0.25, 0.3) is 0 Å². The molecule has 0 unspecified atom stereocenters. The summed E-state index contributed by atoms with van der Waals surface area (Å²) in [4.78, 5) is 105. The number of aliphatic hydroxyl groups excluding tert-OH is 1. The standard InChI is InChI=1S/C51H99N11O11S/c1-3-4-5-6-7-8-9-10-11-12-13-14-15-24-34-73-51(72)56-33-35-74-37-44(57-38(2)64)49(69)62-43(36-63)48(68)60-40(26-17-21-30-53)46(66)58-39(25-16-20-29-52)45(65)59-41(27-18-22-31-54)47(67)61-42(50(70)71)28-19-23-32-55/h39-44,63H,3-37,52-55H2,1-2H3,(H,56,72)(H,57,64)(H,58,66)(H,59,65)(H,60,68)(H,61,67)(H,62,69)(H,70,71)/t39-,40-,41-,42-,43-,44-/m0/s1/i/hD. The quantitative estimate of drug-likeness (QED) is 0.0389. The van der Waals surface area contributed by atoms with Gasteiger partial charge < -0.3 is 75.1 Å². The van der Waals surface area contributed by atoms with Crippen LogP contribution in [0.3, 0.4) is 0 Å². The average molecular weight is 1080 g/mol. The monoisotopic (exact) mass is 1070 g/mol. The second kappa shape index (κ2) is 47.2. The SMILES string of the molecule is [2H]N(C(C)=O)[C@@H](CSCCNC(=O)OCCCCCCCCCCCCCCCC)C(=O)N[C@@H](CO)C(=O)N[C@@H](CCCCN)C(=O)N[C@@H](CCCCN)C(=O)N[C@@H](CCCCN)C(=O)N[C@@H](CCCCN)C(=O)O. The lowest BCUT2D eigenvalue weighted by Gasteiger charge is -2.27. The van der Waals surface area contributed by atoms with E-state index in [2.05, 4.69) is 38.8 Å². The molecule has 0 saturated carbocycles. The average Bonchev–Trinajstić information content (AvgIpc) is 3.38. The molecule has 0 aromatic carbocycles. The number of carboxylic acid groups (broad SMARTS) is 1. The van der Waals surface area contributed by atoms with Crippen LogP contribution in [0.1, 0.15) is 181 Å². The lowest BCUT2D eigenvalue weighted by Crippen LogP contribution is -2.60. The normalized spacial score (nSPS) is 13.7. The van der Waals surface area contributed by atoms with E-state index < -0.39 is 90.4 Å². The minimum absolute atomic E-state index is 0.0357. The number of ether oxygens (including phenoxy) is 1. The number of alkyl carbamates (subject to hydrolysis) is 1. The molecule has 430 valence electrons. The van der Waals surface area contributed by atoms with Crippen molar-refractivity contribution in [1.29, 1.82) is 0 Å². The Kier molecular flexibility index (Phi) is 43.2. The molecular formula is C51H99N11O11S. The number of nitrogens with two attached hydrogens (primary N) is 4. The Labute approximate surface area is 447 Å². The van der Waals surface area contributed by atoms with Crippen LogP contribution in [0.5, 0.6) is 0 Å². The highest BCUT2D eigenvalue weighted by Crippen LogP contribution is 2.14.